The lowest BCUT2D eigenvalue weighted by Gasteiger charge is -1.97. The van der Waals surface area contributed by atoms with Crippen LogP contribution in [0.3, 0.4) is 0 Å². The van der Waals surface area contributed by atoms with Crippen LogP contribution in [0.2, 0.25) is 0 Å². The average Bonchev–Trinajstić information content (AvgIpc) is 2.67. The molecule has 0 aromatic carbocycles. The Balaban J connectivity index is 2.31. The van der Waals surface area contributed by atoms with Crippen LogP contribution in [0.1, 0.15) is 17.4 Å². The van der Waals surface area contributed by atoms with Gasteiger partial charge in [0.2, 0.25) is 0 Å². The first-order valence-corrected chi connectivity index (χ1v) is 5.77. The van der Waals surface area contributed by atoms with Gasteiger partial charge in [-0.05, 0) is 37.6 Å². The number of hydrogen-bond donors (Lipinski definition) is 0. The highest BCUT2D eigenvalue weighted by molar-refractivity contribution is 7.15. The number of rotatable bonds is 2. The zero-order valence-corrected chi connectivity index (χ0v) is 9.71. The smallest absolute Gasteiger partial charge is 0.0802 e. The Kier molecular flexibility index (Phi) is 2.97. The molecule has 0 aliphatic carbocycles. The largest absolute Gasteiger partial charge is 0.255 e. The third-order valence-electron chi connectivity index (χ3n) is 2.14. The highest BCUT2D eigenvalue weighted by atomic mass is 32.1. The highest BCUT2D eigenvalue weighted by Gasteiger charge is 2.00. The second-order valence-corrected chi connectivity index (χ2v) is 4.67. The van der Waals surface area contributed by atoms with Crippen molar-refractivity contribution in [2.75, 3.05) is 0 Å². The Morgan fingerprint density at radius 1 is 1.20 bits per heavy atom. The molecule has 0 saturated heterocycles. The molecule has 0 unspecified atom stereocenters. The van der Waals surface area contributed by atoms with Crippen molar-refractivity contribution < 1.29 is 0 Å². The van der Waals surface area contributed by atoms with Crippen LogP contribution in [-0.4, -0.2) is 4.98 Å². The van der Waals surface area contributed by atoms with Crippen molar-refractivity contribution in [3.05, 3.63) is 47.0 Å². The summed E-state index contributed by atoms with van der Waals surface area (Å²) in [6.45, 7) is 4.12. The van der Waals surface area contributed by atoms with Crippen LogP contribution < -0.4 is 0 Å². The molecule has 2 heterocycles. The zero-order valence-electron chi connectivity index (χ0n) is 8.90. The lowest BCUT2D eigenvalue weighted by Crippen LogP contribution is -1.80. The summed E-state index contributed by atoms with van der Waals surface area (Å²) < 4.78 is 0. The first-order valence-electron chi connectivity index (χ1n) is 4.95. The van der Waals surface area contributed by atoms with Gasteiger partial charge in [-0.3, -0.25) is 4.98 Å². The summed E-state index contributed by atoms with van der Waals surface area (Å²) in [7, 11) is 0. The van der Waals surface area contributed by atoms with Crippen LogP contribution in [0.15, 0.2) is 36.5 Å². The van der Waals surface area contributed by atoms with Gasteiger partial charge in [-0.15, -0.1) is 11.3 Å². The van der Waals surface area contributed by atoms with E-state index in [1.54, 1.807) is 11.3 Å². The molecule has 15 heavy (non-hydrogen) atoms. The van der Waals surface area contributed by atoms with Gasteiger partial charge in [-0.25, -0.2) is 0 Å². The number of allylic oxidation sites excluding steroid dienone is 1. The summed E-state index contributed by atoms with van der Waals surface area (Å²) in [4.78, 5) is 7.00. The van der Waals surface area contributed by atoms with Gasteiger partial charge in [0.05, 0.1) is 10.6 Å². The lowest BCUT2D eigenvalue weighted by molar-refractivity contribution is 1.33. The van der Waals surface area contributed by atoms with Gasteiger partial charge in [0.25, 0.3) is 0 Å². The molecule has 0 N–H and O–H groups in total. The quantitative estimate of drug-likeness (QED) is 0.733. The fraction of sp³-hybridized carbons (Fsp3) is 0.154. The van der Waals surface area contributed by atoms with Gasteiger partial charge in [0.15, 0.2) is 0 Å². The van der Waals surface area contributed by atoms with E-state index >= 15 is 0 Å². The van der Waals surface area contributed by atoms with Crippen LogP contribution in [0.4, 0.5) is 0 Å². The average molecular weight is 215 g/mol. The van der Waals surface area contributed by atoms with Gasteiger partial charge < -0.3 is 0 Å². The van der Waals surface area contributed by atoms with Crippen molar-refractivity contribution in [3.63, 3.8) is 0 Å². The lowest BCUT2D eigenvalue weighted by atomic mass is 10.2. The summed E-state index contributed by atoms with van der Waals surface area (Å²) >= 11 is 1.78. The molecular weight excluding hydrogens is 202 g/mol. The fourth-order valence-electron chi connectivity index (χ4n) is 1.41. The molecule has 0 fully saturated rings. The van der Waals surface area contributed by atoms with Crippen molar-refractivity contribution in [2.45, 2.75) is 13.8 Å². The maximum atomic E-state index is 4.44. The third-order valence-corrected chi connectivity index (χ3v) is 3.16. The number of thiophene rings is 1. The van der Waals surface area contributed by atoms with Crippen molar-refractivity contribution >= 4 is 17.4 Å². The first kappa shape index (κ1) is 10.1. The van der Waals surface area contributed by atoms with Gasteiger partial charge in [-0.2, -0.15) is 0 Å². The van der Waals surface area contributed by atoms with Crippen molar-refractivity contribution in [2.24, 2.45) is 0 Å². The van der Waals surface area contributed by atoms with Crippen molar-refractivity contribution in [3.8, 4) is 10.6 Å². The Hall–Kier alpha value is -1.41. The standard InChI is InChI=1S/C13H13NS/c1-3-4-11-6-7-12(14-9-11)13-8-5-10(2)15-13/h3-9H,1-2H3/b4-3+. The molecule has 0 atom stereocenters. The van der Waals surface area contributed by atoms with Crippen molar-refractivity contribution in [1.82, 2.24) is 4.98 Å². The molecular formula is C13H13NS. The van der Waals surface area contributed by atoms with E-state index < -0.39 is 0 Å². The summed E-state index contributed by atoms with van der Waals surface area (Å²) in [5.74, 6) is 0. The second-order valence-electron chi connectivity index (χ2n) is 3.39. The second kappa shape index (κ2) is 4.41. The summed E-state index contributed by atoms with van der Waals surface area (Å²) in [5.41, 5.74) is 2.20. The Bertz CT molecular complexity index is 466. The Morgan fingerprint density at radius 2 is 2.07 bits per heavy atom. The summed E-state index contributed by atoms with van der Waals surface area (Å²) in [5, 5.41) is 0. The Labute approximate surface area is 94.1 Å². The highest BCUT2D eigenvalue weighted by Crippen LogP contribution is 2.25. The van der Waals surface area contributed by atoms with Gasteiger partial charge in [0.1, 0.15) is 0 Å². The first-order chi connectivity index (χ1) is 7.29. The molecule has 2 aromatic rings. The van der Waals surface area contributed by atoms with Crippen molar-refractivity contribution in [1.29, 1.82) is 0 Å². The Morgan fingerprint density at radius 3 is 2.60 bits per heavy atom. The van der Waals surface area contributed by atoms with E-state index in [1.165, 1.54) is 9.75 Å². The number of aryl methyl sites for hydroxylation is 1. The molecule has 0 bridgehead atoms. The van der Waals surface area contributed by atoms with E-state index in [2.05, 4.69) is 42.2 Å². The third kappa shape index (κ3) is 2.34. The van der Waals surface area contributed by atoms with E-state index in [0.717, 1.165) is 11.3 Å². The number of pyridine rings is 1. The normalized spacial score (nSPS) is 11.1. The summed E-state index contributed by atoms with van der Waals surface area (Å²) in [6.07, 6.45) is 5.98. The molecule has 0 aliphatic rings. The molecule has 0 amide bonds. The van der Waals surface area contributed by atoms with Gasteiger partial charge in [-0.1, -0.05) is 18.2 Å². The molecule has 2 rings (SSSR count). The molecule has 0 radical (unpaired) electrons. The number of aromatic nitrogens is 1. The number of hydrogen-bond acceptors (Lipinski definition) is 2. The molecule has 2 heteroatoms. The maximum absolute atomic E-state index is 4.44. The van der Waals surface area contributed by atoms with Crippen LogP contribution in [0.5, 0.6) is 0 Å². The molecule has 1 nitrogen and oxygen atoms in total. The van der Waals surface area contributed by atoms with Gasteiger partial charge in [0, 0.05) is 11.1 Å². The van der Waals surface area contributed by atoms with Gasteiger partial charge >= 0.3 is 0 Å². The monoisotopic (exact) mass is 215 g/mol. The number of nitrogens with zero attached hydrogens (tertiary/aromatic N) is 1. The zero-order chi connectivity index (χ0) is 10.7. The fourth-order valence-corrected chi connectivity index (χ4v) is 2.26. The van der Waals surface area contributed by atoms with Crippen LogP contribution in [-0.2, 0) is 0 Å². The molecule has 2 aromatic heterocycles. The van der Waals surface area contributed by atoms with E-state index in [9.17, 15) is 0 Å². The van der Waals surface area contributed by atoms with E-state index in [1.807, 2.05) is 19.2 Å². The molecule has 76 valence electrons. The van der Waals surface area contributed by atoms with Crippen LogP contribution >= 0.6 is 11.3 Å². The van der Waals surface area contributed by atoms with Crippen LogP contribution in [0.25, 0.3) is 16.6 Å². The SMILES string of the molecule is C/C=C/c1ccc(-c2ccc(C)s2)nc1. The predicted octanol–water partition coefficient (Wildman–Crippen LogP) is 4.15. The maximum Gasteiger partial charge on any atom is 0.0802 e. The molecule has 0 saturated carbocycles. The summed E-state index contributed by atoms with van der Waals surface area (Å²) in [6, 6.07) is 8.41. The minimum atomic E-state index is 1.06. The topological polar surface area (TPSA) is 12.9 Å². The van der Waals surface area contributed by atoms with E-state index in [-0.39, 0.29) is 0 Å². The van der Waals surface area contributed by atoms with E-state index in [0.29, 0.717) is 0 Å². The minimum Gasteiger partial charge on any atom is -0.255 e. The molecule has 0 spiro atoms. The minimum absolute atomic E-state index is 1.06. The molecule has 0 aliphatic heterocycles. The predicted molar refractivity (Wildman–Crippen MR) is 67.0 cm³/mol. The van der Waals surface area contributed by atoms with E-state index in [4.69, 9.17) is 0 Å². The van der Waals surface area contributed by atoms with Crippen LogP contribution in [0, 0.1) is 6.92 Å².